The lowest BCUT2D eigenvalue weighted by Gasteiger charge is -2.54. The number of hydrogen-bond donors (Lipinski definition) is 18. The monoisotopic (exact) mass is 1610 g/mol. The van der Waals surface area contributed by atoms with Crippen LogP contribution in [0.3, 0.4) is 0 Å². The number of sulfonamides is 1. The third-order valence-corrected chi connectivity index (χ3v) is 23.5. The number of nitrogens with one attached hydrogen (secondary N) is 9. The van der Waals surface area contributed by atoms with E-state index in [9.17, 15) is 64.0 Å². The molecule has 14 atom stereocenters. The van der Waals surface area contributed by atoms with Gasteiger partial charge in [-0.1, -0.05) is 55.2 Å². The van der Waals surface area contributed by atoms with Crippen LogP contribution in [0.5, 0.6) is 51.7 Å². The van der Waals surface area contributed by atoms with Crippen molar-refractivity contribution in [2.45, 2.75) is 155 Å². The maximum Gasteiger partial charge on any atom is 0.264 e. The largest absolute Gasteiger partial charge is 0.508 e. The maximum absolute atomic E-state index is 16.3. The Morgan fingerprint density at radius 2 is 1.22 bits per heavy atom. The molecule has 33 nitrogen and oxygen atoms in total. The number of amides is 8. The lowest BCUT2D eigenvalue weighted by molar-refractivity contribution is -0.277. The van der Waals surface area contributed by atoms with Crippen molar-refractivity contribution in [1.82, 2.24) is 47.3 Å². The summed E-state index contributed by atoms with van der Waals surface area (Å²) in [4.78, 5) is 123. The minimum absolute atomic E-state index is 0.0585. The second-order valence-electron chi connectivity index (χ2n) is 29.5. The molecule has 6 aromatic carbocycles. The molecular weight excluding hydrogens is 1530 g/mol. The number of halogens is 2. The van der Waals surface area contributed by atoms with Crippen LogP contribution in [0.2, 0.25) is 10.0 Å². The fourth-order valence-electron chi connectivity index (χ4n) is 16.1. The van der Waals surface area contributed by atoms with Crippen LogP contribution in [0.4, 0.5) is 0 Å². The van der Waals surface area contributed by atoms with Gasteiger partial charge in [0, 0.05) is 23.2 Å². The van der Waals surface area contributed by atoms with Crippen molar-refractivity contribution in [3.05, 3.63) is 141 Å². The molecule has 18 N–H and O–H groups in total. The van der Waals surface area contributed by atoms with Crippen molar-refractivity contribution in [3.8, 4) is 62.9 Å². The molecule has 6 aliphatic heterocycles. The predicted octanol–water partition coefficient (Wildman–Crippen LogP) is 2.75. The molecular formula is C76H83Cl2N9O24S. The van der Waals surface area contributed by atoms with Crippen LogP contribution >= 0.6 is 23.2 Å². The Labute approximate surface area is 650 Å². The quantitative estimate of drug-likeness (QED) is 0.0703. The minimum Gasteiger partial charge on any atom is -0.508 e. The number of phenolic OH excluding ortho intramolecular Hbond substituents is 3. The Balaban J connectivity index is 1.01. The molecule has 596 valence electrons. The van der Waals surface area contributed by atoms with E-state index < -0.39 is 216 Å². The Morgan fingerprint density at radius 3 is 1.82 bits per heavy atom. The highest BCUT2D eigenvalue weighted by Crippen LogP contribution is 2.55. The van der Waals surface area contributed by atoms with Gasteiger partial charge >= 0.3 is 0 Å². The van der Waals surface area contributed by atoms with Crippen molar-refractivity contribution < 1.29 is 116 Å². The van der Waals surface area contributed by atoms with E-state index in [0.29, 0.717) is 11.8 Å². The predicted molar refractivity (Wildman–Crippen MR) is 393 cm³/mol. The molecule has 16 rings (SSSR count). The number of methoxy groups -OCH3 is 1. The summed E-state index contributed by atoms with van der Waals surface area (Å²) in [7, 11) is -2.10. The zero-order chi connectivity index (χ0) is 80.2. The van der Waals surface area contributed by atoms with Crippen molar-refractivity contribution >= 4 is 80.5 Å². The van der Waals surface area contributed by atoms with Crippen molar-refractivity contribution in [1.29, 1.82) is 0 Å². The molecule has 0 spiro atoms. The number of rotatable bonds is 15. The number of benzene rings is 6. The van der Waals surface area contributed by atoms with Crippen molar-refractivity contribution in [2.75, 3.05) is 20.8 Å². The highest BCUT2D eigenvalue weighted by Gasteiger charge is 2.51. The van der Waals surface area contributed by atoms with E-state index in [4.69, 9.17) is 46.9 Å². The van der Waals surface area contributed by atoms with Crippen LogP contribution < -0.4 is 66.2 Å². The second kappa shape index (κ2) is 32.5. The van der Waals surface area contributed by atoms with E-state index >= 15 is 28.8 Å². The van der Waals surface area contributed by atoms with Gasteiger partial charge in [0.05, 0.1) is 41.1 Å². The Hall–Kier alpha value is -10.1. The molecule has 112 heavy (non-hydrogen) atoms. The van der Waals surface area contributed by atoms with Gasteiger partial charge in [-0.3, -0.25) is 38.4 Å². The van der Waals surface area contributed by atoms with E-state index in [1.165, 1.54) is 38.4 Å². The van der Waals surface area contributed by atoms with Gasteiger partial charge in [-0.15, -0.1) is 0 Å². The summed E-state index contributed by atoms with van der Waals surface area (Å²) in [5.41, 5.74) is -2.38. The number of aromatic hydroxyl groups is 3. The molecule has 10 aliphatic rings. The first-order valence-corrected chi connectivity index (χ1v) is 38.4. The second-order valence-corrected chi connectivity index (χ2v) is 32.0. The lowest BCUT2D eigenvalue weighted by Crippen LogP contribution is -2.60. The maximum atomic E-state index is 16.3. The van der Waals surface area contributed by atoms with Crippen LogP contribution in [0.15, 0.2) is 108 Å². The molecule has 36 heteroatoms. The van der Waals surface area contributed by atoms with Gasteiger partial charge in [0.1, 0.15) is 107 Å². The first-order valence-electron chi connectivity index (χ1n) is 36.1. The number of likely N-dealkylation sites (N-methyl/N-ethyl adjacent to an activating group) is 1. The van der Waals surface area contributed by atoms with Gasteiger partial charge in [0.25, 0.3) is 10.0 Å². The number of hydrogen-bond acceptors (Lipinski definition) is 25. The van der Waals surface area contributed by atoms with Crippen LogP contribution in [-0.4, -0.2) is 183 Å². The molecule has 0 radical (unpaired) electrons. The zero-order valence-corrected chi connectivity index (χ0v) is 62.7. The van der Waals surface area contributed by atoms with E-state index in [-0.39, 0.29) is 75.1 Å². The number of ether oxygens (including phenoxy) is 5. The van der Waals surface area contributed by atoms with Gasteiger partial charge in [-0.25, -0.2) is 13.1 Å². The first-order chi connectivity index (χ1) is 53.3. The Kier molecular flexibility index (Phi) is 23.2. The number of aliphatic hydroxyl groups is 6. The minimum atomic E-state index is -4.87. The van der Waals surface area contributed by atoms with Crippen LogP contribution in [-0.2, 0) is 53.1 Å². The summed E-state index contributed by atoms with van der Waals surface area (Å²) in [5.74, 6) is -14.1. The number of aliphatic hydroxyl groups excluding tert-OH is 6. The van der Waals surface area contributed by atoms with Crippen LogP contribution in [0.1, 0.15) is 117 Å². The molecule has 5 fully saturated rings. The molecule has 4 saturated carbocycles. The summed E-state index contributed by atoms with van der Waals surface area (Å²) < 4.78 is 60.3. The van der Waals surface area contributed by atoms with Gasteiger partial charge in [0.2, 0.25) is 59.3 Å². The van der Waals surface area contributed by atoms with Crippen LogP contribution in [0, 0.1) is 29.6 Å². The Bertz CT molecular complexity index is 4800. The molecule has 1 saturated heterocycles. The summed E-state index contributed by atoms with van der Waals surface area (Å²) in [6, 6.07) is 3.96. The van der Waals surface area contributed by atoms with E-state index in [2.05, 4.69) is 42.5 Å². The first kappa shape index (κ1) is 80.0. The number of phenols is 3. The van der Waals surface area contributed by atoms with Gasteiger partial charge in [-0.05, 0) is 182 Å². The number of carbonyl (C=O) groups is 8. The highest BCUT2D eigenvalue weighted by molar-refractivity contribution is 7.90. The standard InChI is InChI=1S/C76H83Cl2N9O24S/c1-30(2)15-46(79-3)69(98)85-61-63(93)34-6-13-50(44(77)22-34)108-52-24-38-25-53(68(52)111-76-67(97)66(96)65(95)54(29-88)110-76)109-51-14-7-35(23-45(51)78)64(94)62-75(104)84-60(73(102)81-57-36-17-31-16-32(19-36)20-37(57)18-31)43-26-39(89)27-49(91)56(43)42-21-33(5-12-48(42)90)58(71(100)86-62)83-72(101)59(38)82-70(99)47(80-74(61)103)28-55(92)87-112(105,106)41-10-8-40(107-4)9-11-41/h5-14,21-27,30-32,36-37,46-47,54,57-67,76,79,88-91,93-97H,15-20,28-29H2,1-4H3,(H,80,103)(H,81,102)(H,82,99)(H,83,101)(H,84,104)(H,85,98)(H,86,100)(H,87,92)/t31?,32?,36?,37?,46-,47+,54-,57?,58-,59-,60+,61-,62+,63-,64-,65-,66+,67-,76+/m1/s1. The summed E-state index contributed by atoms with van der Waals surface area (Å²) in [5, 5.41) is 125. The van der Waals surface area contributed by atoms with Gasteiger partial charge < -0.3 is 112 Å². The number of carbonyl (C=O) groups excluding carboxylic acids is 8. The van der Waals surface area contributed by atoms with Crippen molar-refractivity contribution in [3.63, 3.8) is 0 Å². The third kappa shape index (κ3) is 16.4. The van der Waals surface area contributed by atoms with Gasteiger partial charge in [0.15, 0.2) is 11.5 Å². The highest BCUT2D eigenvalue weighted by atomic mass is 35.5. The summed E-state index contributed by atoms with van der Waals surface area (Å²) >= 11 is 14.2. The van der Waals surface area contributed by atoms with E-state index in [0.717, 1.165) is 111 Å². The average molecular weight is 1610 g/mol. The van der Waals surface area contributed by atoms with Crippen molar-refractivity contribution in [2.24, 2.45) is 29.6 Å². The molecule has 4 aliphatic carbocycles. The SMILES string of the molecule is CN[C@H](CC(C)C)C(=O)N[C@H]1C(=O)N[C@@H](CC(=O)NS(=O)(=O)c2ccc(OC)cc2)C(=O)N[C@H]2C(=O)N[C@H]3C(=O)N[C@H](C(=O)N[C@H](C(=O)NC4C5CC6CC(C5)CC4C6)c4cc(O)cc(O)c4-c4cc3ccc4O)[C@H](O)c3ccc(c(Cl)c3)Oc3cc2cc(c3O[C@@H]2O[C@H](CO)[C@@H](O)[C@H](O)[C@H]2O)Oc2ccc(cc2Cl)[C@H]1O. The topological polar surface area (TPSA) is 507 Å². The number of fused-ring (bicyclic) bond motifs is 15. The lowest BCUT2D eigenvalue weighted by atomic mass is 9.54. The smallest absolute Gasteiger partial charge is 0.264 e. The normalized spacial score (nSPS) is 28.5. The fraction of sp³-hybridized carbons (Fsp3) is 0.421. The van der Waals surface area contributed by atoms with E-state index in [1.807, 2.05) is 4.72 Å². The zero-order valence-electron chi connectivity index (χ0n) is 60.3. The molecule has 0 aromatic heterocycles. The molecule has 15 bridgehead atoms. The molecule has 0 unspecified atom stereocenters. The fourth-order valence-corrected chi connectivity index (χ4v) is 17.6. The van der Waals surface area contributed by atoms with Crippen LogP contribution in [0.25, 0.3) is 11.1 Å². The summed E-state index contributed by atoms with van der Waals surface area (Å²) in [6.07, 6.45) is -11.2. The average Bonchev–Trinajstić information content (AvgIpc) is 0.757. The molecule has 6 heterocycles. The molecule has 8 amide bonds. The third-order valence-electron chi connectivity index (χ3n) is 21.5. The van der Waals surface area contributed by atoms with Gasteiger partial charge in [-0.2, -0.15) is 0 Å². The summed E-state index contributed by atoms with van der Waals surface area (Å²) in [6.45, 7) is 2.63. The molecule has 6 aromatic rings. The Morgan fingerprint density at radius 1 is 0.625 bits per heavy atom. The van der Waals surface area contributed by atoms with E-state index in [1.54, 1.807) is 13.8 Å².